The Morgan fingerprint density at radius 1 is 1.50 bits per heavy atom. The molecular weight excluding hydrogens is 208 g/mol. The first kappa shape index (κ1) is 13.4. The molecule has 0 aromatic heterocycles. The molecule has 16 heavy (non-hydrogen) atoms. The maximum Gasteiger partial charge on any atom is 0.306 e. The minimum absolute atomic E-state index is 0.161. The lowest BCUT2D eigenvalue weighted by Gasteiger charge is -2.29. The molecule has 1 heterocycles. The van der Waals surface area contributed by atoms with Crippen LogP contribution < -0.4 is 5.32 Å². The van der Waals surface area contributed by atoms with Crippen molar-refractivity contribution in [3.8, 4) is 0 Å². The zero-order valence-electron chi connectivity index (χ0n) is 10.2. The van der Waals surface area contributed by atoms with Crippen LogP contribution in [0.4, 0.5) is 0 Å². The van der Waals surface area contributed by atoms with E-state index >= 15 is 0 Å². The third kappa shape index (κ3) is 5.44. The minimum atomic E-state index is -0.161. The van der Waals surface area contributed by atoms with Gasteiger partial charge in [-0.1, -0.05) is 0 Å². The molecular formula is C11H22N2O3. The van der Waals surface area contributed by atoms with Crippen LogP contribution in [0.15, 0.2) is 0 Å². The lowest BCUT2D eigenvalue weighted by molar-refractivity contribution is -0.140. The summed E-state index contributed by atoms with van der Waals surface area (Å²) in [6.45, 7) is 7.48. The predicted molar refractivity (Wildman–Crippen MR) is 61.4 cm³/mol. The molecule has 1 N–H and O–H groups in total. The van der Waals surface area contributed by atoms with E-state index in [0.29, 0.717) is 19.0 Å². The first-order valence-corrected chi connectivity index (χ1v) is 5.82. The number of rotatable bonds is 6. The Balaban J connectivity index is 2.05. The van der Waals surface area contributed by atoms with E-state index < -0.39 is 0 Å². The Morgan fingerprint density at radius 2 is 2.19 bits per heavy atom. The number of nitrogens with one attached hydrogen (secondary N) is 1. The molecule has 5 nitrogen and oxygen atoms in total. The number of esters is 1. The van der Waals surface area contributed by atoms with Gasteiger partial charge in [-0.25, -0.2) is 0 Å². The largest absolute Gasteiger partial charge is 0.469 e. The standard InChI is InChI=1S/C11H22N2O3/c1-10(12-4-3-11(14)15-2)9-13-5-7-16-8-6-13/h10,12H,3-9H2,1-2H3. The topological polar surface area (TPSA) is 50.8 Å². The number of ether oxygens (including phenoxy) is 2. The van der Waals surface area contributed by atoms with Crippen LogP contribution in [0.5, 0.6) is 0 Å². The van der Waals surface area contributed by atoms with Crippen molar-refractivity contribution in [3.05, 3.63) is 0 Å². The molecule has 1 aliphatic heterocycles. The van der Waals surface area contributed by atoms with Gasteiger partial charge in [-0.3, -0.25) is 9.69 Å². The van der Waals surface area contributed by atoms with Crippen LogP contribution in [-0.4, -0.2) is 63.4 Å². The molecule has 0 aliphatic carbocycles. The van der Waals surface area contributed by atoms with Crippen molar-refractivity contribution in [2.45, 2.75) is 19.4 Å². The average molecular weight is 230 g/mol. The third-order valence-electron chi connectivity index (χ3n) is 2.69. The summed E-state index contributed by atoms with van der Waals surface area (Å²) in [4.78, 5) is 13.3. The van der Waals surface area contributed by atoms with Crippen LogP contribution in [0.2, 0.25) is 0 Å². The number of carbonyl (C=O) groups excluding carboxylic acids is 1. The van der Waals surface area contributed by atoms with Gasteiger partial charge in [0.1, 0.15) is 0 Å². The van der Waals surface area contributed by atoms with E-state index in [0.717, 1.165) is 32.8 Å². The van der Waals surface area contributed by atoms with Gasteiger partial charge in [0.2, 0.25) is 0 Å². The number of carbonyl (C=O) groups is 1. The van der Waals surface area contributed by atoms with Gasteiger partial charge in [0.15, 0.2) is 0 Å². The summed E-state index contributed by atoms with van der Waals surface area (Å²) in [6.07, 6.45) is 0.434. The fraction of sp³-hybridized carbons (Fsp3) is 0.909. The van der Waals surface area contributed by atoms with E-state index in [1.807, 2.05) is 0 Å². The average Bonchev–Trinajstić information content (AvgIpc) is 2.30. The first-order valence-electron chi connectivity index (χ1n) is 5.82. The number of nitrogens with zero attached hydrogens (tertiary/aromatic N) is 1. The van der Waals surface area contributed by atoms with Crippen molar-refractivity contribution >= 4 is 5.97 Å². The Morgan fingerprint density at radius 3 is 2.81 bits per heavy atom. The molecule has 0 bridgehead atoms. The van der Waals surface area contributed by atoms with Gasteiger partial charge in [-0.2, -0.15) is 0 Å². The number of morpholine rings is 1. The Labute approximate surface area is 97.1 Å². The van der Waals surface area contributed by atoms with Gasteiger partial charge < -0.3 is 14.8 Å². The summed E-state index contributed by atoms with van der Waals surface area (Å²) in [5, 5.41) is 3.31. The van der Waals surface area contributed by atoms with Crippen molar-refractivity contribution in [1.82, 2.24) is 10.2 Å². The highest BCUT2D eigenvalue weighted by molar-refractivity contribution is 5.69. The van der Waals surface area contributed by atoms with Gasteiger partial charge in [-0.05, 0) is 6.92 Å². The molecule has 5 heteroatoms. The van der Waals surface area contributed by atoms with Crippen LogP contribution in [0.1, 0.15) is 13.3 Å². The second kappa shape index (κ2) is 7.60. The molecule has 0 spiro atoms. The van der Waals surface area contributed by atoms with Gasteiger partial charge in [0, 0.05) is 32.2 Å². The van der Waals surface area contributed by atoms with E-state index in [9.17, 15) is 4.79 Å². The molecule has 1 fully saturated rings. The van der Waals surface area contributed by atoms with E-state index in [1.165, 1.54) is 7.11 Å². The maximum absolute atomic E-state index is 10.9. The Kier molecular flexibility index (Phi) is 6.37. The molecule has 1 aliphatic rings. The van der Waals surface area contributed by atoms with Gasteiger partial charge in [-0.15, -0.1) is 0 Å². The SMILES string of the molecule is COC(=O)CCNC(C)CN1CCOCC1. The highest BCUT2D eigenvalue weighted by Gasteiger charge is 2.13. The molecule has 0 aromatic carbocycles. The van der Waals surface area contributed by atoms with Crippen LogP contribution in [0.25, 0.3) is 0 Å². The number of hydrogen-bond donors (Lipinski definition) is 1. The fourth-order valence-electron chi connectivity index (χ4n) is 1.76. The van der Waals surface area contributed by atoms with Gasteiger partial charge in [0.25, 0.3) is 0 Å². The summed E-state index contributed by atoms with van der Waals surface area (Å²) in [6, 6.07) is 0.391. The normalized spacial score (nSPS) is 19.4. The second-order valence-corrected chi connectivity index (χ2v) is 4.09. The van der Waals surface area contributed by atoms with E-state index in [4.69, 9.17) is 4.74 Å². The van der Waals surface area contributed by atoms with Crippen LogP contribution >= 0.6 is 0 Å². The quantitative estimate of drug-likeness (QED) is 0.644. The lowest BCUT2D eigenvalue weighted by atomic mass is 10.2. The summed E-state index contributed by atoms with van der Waals surface area (Å²) in [7, 11) is 1.42. The number of hydrogen-bond acceptors (Lipinski definition) is 5. The second-order valence-electron chi connectivity index (χ2n) is 4.09. The molecule has 0 radical (unpaired) electrons. The Hall–Kier alpha value is -0.650. The summed E-state index contributed by atoms with van der Waals surface area (Å²) >= 11 is 0. The fourth-order valence-corrected chi connectivity index (χ4v) is 1.76. The highest BCUT2D eigenvalue weighted by atomic mass is 16.5. The molecule has 1 saturated heterocycles. The predicted octanol–water partition coefficient (Wildman–Crippen LogP) is -0.140. The molecule has 1 rings (SSSR count). The van der Waals surface area contributed by atoms with Crippen LogP contribution in [-0.2, 0) is 14.3 Å². The Bertz CT molecular complexity index is 205. The lowest BCUT2D eigenvalue weighted by Crippen LogP contribution is -2.44. The summed E-state index contributed by atoms with van der Waals surface area (Å²) in [5.41, 5.74) is 0. The molecule has 0 saturated carbocycles. The van der Waals surface area contributed by atoms with E-state index in [-0.39, 0.29) is 5.97 Å². The molecule has 94 valence electrons. The zero-order chi connectivity index (χ0) is 11.8. The van der Waals surface area contributed by atoms with Crippen LogP contribution in [0, 0.1) is 0 Å². The van der Waals surface area contributed by atoms with E-state index in [1.54, 1.807) is 0 Å². The highest BCUT2D eigenvalue weighted by Crippen LogP contribution is 1.98. The summed E-state index contributed by atoms with van der Waals surface area (Å²) in [5.74, 6) is -0.161. The van der Waals surface area contributed by atoms with Gasteiger partial charge >= 0.3 is 5.97 Å². The summed E-state index contributed by atoms with van der Waals surface area (Å²) < 4.78 is 9.86. The van der Waals surface area contributed by atoms with Crippen molar-refractivity contribution in [2.75, 3.05) is 46.5 Å². The smallest absolute Gasteiger partial charge is 0.306 e. The first-order chi connectivity index (χ1) is 7.72. The van der Waals surface area contributed by atoms with Crippen LogP contribution in [0.3, 0.4) is 0 Å². The monoisotopic (exact) mass is 230 g/mol. The van der Waals surface area contributed by atoms with Crippen molar-refractivity contribution < 1.29 is 14.3 Å². The third-order valence-corrected chi connectivity index (χ3v) is 2.69. The van der Waals surface area contributed by atoms with E-state index in [2.05, 4.69) is 21.9 Å². The zero-order valence-corrected chi connectivity index (χ0v) is 10.2. The van der Waals surface area contributed by atoms with Crippen molar-refractivity contribution in [3.63, 3.8) is 0 Å². The van der Waals surface area contributed by atoms with Crippen molar-refractivity contribution in [1.29, 1.82) is 0 Å². The van der Waals surface area contributed by atoms with Crippen molar-refractivity contribution in [2.24, 2.45) is 0 Å². The molecule has 0 aromatic rings. The number of methoxy groups -OCH3 is 1. The molecule has 1 unspecified atom stereocenters. The molecule has 1 atom stereocenters. The minimum Gasteiger partial charge on any atom is -0.469 e. The van der Waals surface area contributed by atoms with Gasteiger partial charge in [0.05, 0.1) is 26.7 Å². The maximum atomic E-state index is 10.9. The molecule has 0 amide bonds.